The fourth-order valence-corrected chi connectivity index (χ4v) is 1.88. The Balaban J connectivity index is 2.14. The minimum atomic E-state index is -0.00170. The number of hydrogen-bond acceptors (Lipinski definition) is 3. The Morgan fingerprint density at radius 3 is 2.55 bits per heavy atom. The highest BCUT2D eigenvalue weighted by molar-refractivity contribution is 5.75. The zero-order chi connectivity index (χ0) is 14.8. The minimum Gasteiger partial charge on any atom is -0.356 e. The maximum atomic E-state index is 11.9. The number of hydrogen-bond donors (Lipinski definition) is 1. The lowest BCUT2D eigenvalue weighted by molar-refractivity contribution is -0.130. The van der Waals surface area contributed by atoms with Gasteiger partial charge in [0.05, 0.1) is 0 Å². The highest BCUT2D eigenvalue weighted by Gasteiger charge is 2.08. The van der Waals surface area contributed by atoms with Crippen molar-refractivity contribution in [1.82, 2.24) is 15.2 Å². The quantitative estimate of drug-likeness (QED) is 0.736. The van der Waals surface area contributed by atoms with Gasteiger partial charge in [-0.2, -0.15) is 0 Å². The second kappa shape index (κ2) is 9.07. The predicted molar refractivity (Wildman–Crippen MR) is 77.9 cm³/mol. The molecule has 1 N–H and O–H groups in total. The standard InChI is InChI=1S/C15H23N3O2/c1-13(19)17-9-5-3-4-6-15(20)18(2)12-14-7-10-16-11-8-14/h7-8,10-11H,3-6,9,12H2,1-2H3,(H,17,19). The van der Waals surface area contributed by atoms with Gasteiger partial charge in [0.15, 0.2) is 0 Å². The normalized spacial score (nSPS) is 10.1. The molecule has 0 spiro atoms. The lowest BCUT2D eigenvalue weighted by Crippen LogP contribution is -2.26. The van der Waals surface area contributed by atoms with Crippen molar-refractivity contribution >= 4 is 11.8 Å². The molecule has 0 aliphatic heterocycles. The highest BCUT2D eigenvalue weighted by Crippen LogP contribution is 2.06. The molecule has 0 fully saturated rings. The van der Waals surface area contributed by atoms with Crippen LogP contribution < -0.4 is 5.32 Å². The van der Waals surface area contributed by atoms with E-state index in [-0.39, 0.29) is 11.8 Å². The summed E-state index contributed by atoms with van der Waals surface area (Å²) in [5.74, 6) is 0.152. The molecule has 5 nitrogen and oxygen atoms in total. The van der Waals surface area contributed by atoms with Crippen LogP contribution in [-0.4, -0.2) is 35.3 Å². The van der Waals surface area contributed by atoms with Crippen molar-refractivity contribution in [3.05, 3.63) is 30.1 Å². The van der Waals surface area contributed by atoms with Gasteiger partial charge in [-0.05, 0) is 30.5 Å². The Labute approximate surface area is 120 Å². The van der Waals surface area contributed by atoms with Crippen LogP contribution in [0.15, 0.2) is 24.5 Å². The van der Waals surface area contributed by atoms with E-state index in [9.17, 15) is 9.59 Å². The second-order valence-electron chi connectivity index (χ2n) is 4.90. The molecule has 1 aromatic heterocycles. The fraction of sp³-hybridized carbons (Fsp3) is 0.533. The zero-order valence-corrected chi connectivity index (χ0v) is 12.3. The third-order valence-corrected chi connectivity index (χ3v) is 3.04. The molecule has 0 radical (unpaired) electrons. The van der Waals surface area contributed by atoms with E-state index in [4.69, 9.17) is 0 Å². The maximum Gasteiger partial charge on any atom is 0.222 e. The van der Waals surface area contributed by atoms with Crippen molar-refractivity contribution in [3.63, 3.8) is 0 Å². The molecule has 110 valence electrons. The number of amides is 2. The summed E-state index contributed by atoms with van der Waals surface area (Å²) in [5.41, 5.74) is 1.08. The van der Waals surface area contributed by atoms with Crippen molar-refractivity contribution < 1.29 is 9.59 Å². The van der Waals surface area contributed by atoms with E-state index >= 15 is 0 Å². The van der Waals surface area contributed by atoms with Crippen molar-refractivity contribution in [1.29, 1.82) is 0 Å². The van der Waals surface area contributed by atoms with Gasteiger partial charge in [-0.25, -0.2) is 0 Å². The molecule has 0 aliphatic carbocycles. The first-order valence-electron chi connectivity index (χ1n) is 6.97. The monoisotopic (exact) mass is 277 g/mol. The Morgan fingerprint density at radius 2 is 1.90 bits per heavy atom. The van der Waals surface area contributed by atoms with Crippen molar-refractivity contribution in [2.45, 2.75) is 39.2 Å². The number of carbonyl (C=O) groups is 2. The molecular formula is C15H23N3O2. The molecule has 0 aromatic carbocycles. The van der Waals surface area contributed by atoms with Crippen molar-refractivity contribution in [2.75, 3.05) is 13.6 Å². The smallest absolute Gasteiger partial charge is 0.222 e. The summed E-state index contributed by atoms with van der Waals surface area (Å²) in [4.78, 5) is 28.3. The molecule has 2 amide bonds. The average Bonchev–Trinajstić information content (AvgIpc) is 2.43. The summed E-state index contributed by atoms with van der Waals surface area (Å²) >= 11 is 0. The third kappa shape index (κ3) is 6.87. The topological polar surface area (TPSA) is 62.3 Å². The van der Waals surface area contributed by atoms with Crippen LogP contribution in [0.4, 0.5) is 0 Å². The van der Waals surface area contributed by atoms with Gasteiger partial charge in [-0.3, -0.25) is 14.6 Å². The SMILES string of the molecule is CC(=O)NCCCCCC(=O)N(C)Cc1ccncc1. The van der Waals surface area contributed by atoms with Crippen LogP contribution in [0.3, 0.4) is 0 Å². The van der Waals surface area contributed by atoms with E-state index in [1.165, 1.54) is 6.92 Å². The molecule has 20 heavy (non-hydrogen) atoms. The lowest BCUT2D eigenvalue weighted by atomic mass is 10.1. The van der Waals surface area contributed by atoms with E-state index in [0.717, 1.165) is 24.8 Å². The average molecular weight is 277 g/mol. The lowest BCUT2D eigenvalue weighted by Gasteiger charge is -2.17. The van der Waals surface area contributed by atoms with Crippen molar-refractivity contribution in [3.8, 4) is 0 Å². The van der Waals surface area contributed by atoms with Gasteiger partial charge in [0.25, 0.3) is 0 Å². The Hall–Kier alpha value is -1.91. The molecule has 1 rings (SSSR count). The first-order valence-corrected chi connectivity index (χ1v) is 6.97. The predicted octanol–water partition coefficient (Wildman–Crippen LogP) is 1.74. The van der Waals surface area contributed by atoms with Gasteiger partial charge in [-0.1, -0.05) is 6.42 Å². The van der Waals surface area contributed by atoms with Crippen molar-refractivity contribution in [2.24, 2.45) is 0 Å². The van der Waals surface area contributed by atoms with Crippen LogP contribution in [0.5, 0.6) is 0 Å². The van der Waals surface area contributed by atoms with E-state index in [0.29, 0.717) is 19.5 Å². The first-order chi connectivity index (χ1) is 9.59. The molecule has 0 atom stereocenters. The number of unbranched alkanes of at least 4 members (excludes halogenated alkanes) is 2. The molecule has 0 unspecified atom stereocenters. The zero-order valence-electron chi connectivity index (χ0n) is 12.3. The molecule has 1 aromatic rings. The van der Waals surface area contributed by atoms with Crippen LogP contribution in [0.1, 0.15) is 38.2 Å². The van der Waals surface area contributed by atoms with Gasteiger partial charge < -0.3 is 10.2 Å². The summed E-state index contributed by atoms with van der Waals surface area (Å²) in [6.45, 7) is 2.82. The minimum absolute atomic E-state index is 0.00170. The van der Waals surface area contributed by atoms with Gasteiger partial charge in [0, 0.05) is 45.9 Å². The van der Waals surface area contributed by atoms with Crippen LogP contribution in [0, 0.1) is 0 Å². The van der Waals surface area contributed by atoms with Gasteiger partial charge >= 0.3 is 0 Å². The number of rotatable bonds is 8. The first kappa shape index (κ1) is 16.1. The number of nitrogens with zero attached hydrogens (tertiary/aromatic N) is 2. The van der Waals surface area contributed by atoms with Gasteiger partial charge in [0.1, 0.15) is 0 Å². The fourth-order valence-electron chi connectivity index (χ4n) is 1.88. The van der Waals surface area contributed by atoms with Crippen LogP contribution >= 0.6 is 0 Å². The maximum absolute atomic E-state index is 11.9. The van der Waals surface area contributed by atoms with E-state index in [2.05, 4.69) is 10.3 Å². The highest BCUT2D eigenvalue weighted by atomic mass is 16.2. The number of carbonyl (C=O) groups excluding carboxylic acids is 2. The van der Waals surface area contributed by atoms with Crippen LogP contribution in [-0.2, 0) is 16.1 Å². The van der Waals surface area contributed by atoms with E-state index < -0.39 is 0 Å². The van der Waals surface area contributed by atoms with Crippen LogP contribution in [0.25, 0.3) is 0 Å². The molecule has 0 aliphatic rings. The Kier molecular flexibility index (Phi) is 7.32. The molecule has 5 heteroatoms. The summed E-state index contributed by atoms with van der Waals surface area (Å²) in [6, 6.07) is 3.83. The second-order valence-corrected chi connectivity index (χ2v) is 4.90. The molecule has 1 heterocycles. The van der Waals surface area contributed by atoms with E-state index in [1.807, 2.05) is 19.2 Å². The number of nitrogens with one attached hydrogen (secondary N) is 1. The largest absolute Gasteiger partial charge is 0.356 e. The Morgan fingerprint density at radius 1 is 1.20 bits per heavy atom. The van der Waals surface area contributed by atoms with Gasteiger partial charge in [0.2, 0.25) is 11.8 Å². The molecule has 0 saturated carbocycles. The number of pyridine rings is 1. The Bertz CT molecular complexity index is 420. The molecule has 0 bridgehead atoms. The summed E-state index contributed by atoms with van der Waals surface area (Å²) < 4.78 is 0. The molecule has 0 saturated heterocycles. The van der Waals surface area contributed by atoms with Gasteiger partial charge in [-0.15, -0.1) is 0 Å². The summed E-state index contributed by atoms with van der Waals surface area (Å²) in [5, 5.41) is 2.75. The number of aromatic nitrogens is 1. The third-order valence-electron chi connectivity index (χ3n) is 3.04. The summed E-state index contributed by atoms with van der Waals surface area (Å²) in [6.07, 6.45) is 6.75. The summed E-state index contributed by atoms with van der Waals surface area (Å²) in [7, 11) is 1.82. The van der Waals surface area contributed by atoms with E-state index in [1.54, 1.807) is 17.3 Å². The molecular weight excluding hydrogens is 254 g/mol. The van der Waals surface area contributed by atoms with Crippen LogP contribution in [0.2, 0.25) is 0 Å².